The molecule has 21 heavy (non-hydrogen) atoms. The Balaban J connectivity index is 2.60. The minimum absolute atomic E-state index is 0.0969. The summed E-state index contributed by atoms with van der Waals surface area (Å²) in [6.07, 6.45) is -0.414. The maximum Gasteiger partial charge on any atom is 0.389 e. The van der Waals surface area contributed by atoms with Gasteiger partial charge in [0.25, 0.3) is 0 Å². The van der Waals surface area contributed by atoms with E-state index in [0.29, 0.717) is 12.5 Å². The molecule has 1 heterocycles. The molecule has 1 N–H and O–H groups in total. The van der Waals surface area contributed by atoms with Crippen LogP contribution in [0.5, 0.6) is 0 Å². The SMILES string of the molecule is CCCNC(CCC(F)(F)F)Cc1ccn(C(C)CC)n1. The molecule has 0 bridgehead atoms. The van der Waals surface area contributed by atoms with Crippen LogP contribution in [-0.4, -0.2) is 28.5 Å². The summed E-state index contributed by atoms with van der Waals surface area (Å²) in [4.78, 5) is 0. The Bertz CT molecular complexity index is 401. The highest BCUT2D eigenvalue weighted by Crippen LogP contribution is 2.23. The predicted molar refractivity (Wildman–Crippen MR) is 78.3 cm³/mol. The third-order valence-corrected chi connectivity index (χ3v) is 3.62. The van der Waals surface area contributed by atoms with Gasteiger partial charge in [-0.05, 0) is 38.8 Å². The third kappa shape index (κ3) is 6.98. The Morgan fingerprint density at radius 3 is 2.62 bits per heavy atom. The van der Waals surface area contributed by atoms with Gasteiger partial charge in [0.05, 0.1) is 5.69 Å². The van der Waals surface area contributed by atoms with Gasteiger partial charge in [0.2, 0.25) is 0 Å². The predicted octanol–water partition coefficient (Wildman–Crippen LogP) is 4.11. The minimum atomic E-state index is -4.10. The molecule has 2 unspecified atom stereocenters. The molecule has 0 spiro atoms. The smallest absolute Gasteiger partial charge is 0.314 e. The number of nitrogens with one attached hydrogen (secondary N) is 1. The van der Waals surface area contributed by atoms with E-state index in [1.807, 2.05) is 23.9 Å². The number of alkyl halides is 3. The summed E-state index contributed by atoms with van der Waals surface area (Å²) in [6.45, 7) is 6.90. The molecule has 0 aliphatic carbocycles. The highest BCUT2D eigenvalue weighted by molar-refractivity contribution is 5.02. The van der Waals surface area contributed by atoms with E-state index in [2.05, 4.69) is 24.3 Å². The fraction of sp³-hybridized carbons (Fsp3) is 0.800. The largest absolute Gasteiger partial charge is 0.389 e. The quantitative estimate of drug-likeness (QED) is 0.744. The van der Waals surface area contributed by atoms with Gasteiger partial charge in [-0.3, -0.25) is 4.68 Å². The van der Waals surface area contributed by atoms with Crippen molar-refractivity contribution >= 4 is 0 Å². The van der Waals surface area contributed by atoms with Crippen LogP contribution < -0.4 is 5.32 Å². The summed E-state index contributed by atoms with van der Waals surface area (Å²) in [7, 11) is 0. The number of rotatable bonds is 9. The zero-order chi connectivity index (χ0) is 15.9. The molecule has 0 aliphatic rings. The van der Waals surface area contributed by atoms with Crippen LogP contribution in [0.15, 0.2) is 12.3 Å². The number of nitrogens with zero attached hydrogens (tertiary/aromatic N) is 2. The average Bonchev–Trinajstić information content (AvgIpc) is 2.88. The zero-order valence-electron chi connectivity index (χ0n) is 13.1. The second-order valence-electron chi connectivity index (χ2n) is 5.55. The highest BCUT2D eigenvalue weighted by atomic mass is 19.4. The molecule has 0 aliphatic heterocycles. The van der Waals surface area contributed by atoms with Crippen LogP contribution in [-0.2, 0) is 6.42 Å². The van der Waals surface area contributed by atoms with Crippen LogP contribution in [0.3, 0.4) is 0 Å². The van der Waals surface area contributed by atoms with Gasteiger partial charge in [0.1, 0.15) is 0 Å². The van der Waals surface area contributed by atoms with Crippen molar-refractivity contribution < 1.29 is 13.2 Å². The maximum absolute atomic E-state index is 12.4. The summed E-state index contributed by atoms with van der Waals surface area (Å²) in [5.41, 5.74) is 0.853. The van der Waals surface area contributed by atoms with Gasteiger partial charge in [0, 0.05) is 31.1 Å². The second-order valence-corrected chi connectivity index (χ2v) is 5.55. The molecular formula is C15H26F3N3. The van der Waals surface area contributed by atoms with Crippen molar-refractivity contribution in [3.8, 4) is 0 Å². The van der Waals surface area contributed by atoms with Crippen LogP contribution in [0.4, 0.5) is 13.2 Å². The summed E-state index contributed by atoms with van der Waals surface area (Å²) >= 11 is 0. The van der Waals surface area contributed by atoms with Crippen molar-refractivity contribution in [2.24, 2.45) is 0 Å². The van der Waals surface area contributed by atoms with Crippen molar-refractivity contribution in [3.05, 3.63) is 18.0 Å². The van der Waals surface area contributed by atoms with Gasteiger partial charge in [0.15, 0.2) is 0 Å². The number of aromatic nitrogens is 2. The molecule has 0 fully saturated rings. The van der Waals surface area contributed by atoms with E-state index >= 15 is 0 Å². The van der Waals surface area contributed by atoms with E-state index in [1.165, 1.54) is 0 Å². The molecule has 1 aromatic rings. The Kier molecular flexibility index (Phi) is 7.22. The second kappa shape index (κ2) is 8.41. The Hall–Kier alpha value is -1.04. The molecule has 1 rings (SSSR count). The van der Waals surface area contributed by atoms with Crippen molar-refractivity contribution in [3.63, 3.8) is 0 Å². The topological polar surface area (TPSA) is 29.9 Å². The van der Waals surface area contributed by atoms with E-state index < -0.39 is 12.6 Å². The van der Waals surface area contributed by atoms with Gasteiger partial charge in [-0.15, -0.1) is 0 Å². The molecule has 0 aromatic carbocycles. The standard InChI is InChI=1S/C15H26F3N3/c1-4-9-19-13(6-8-15(16,17)18)11-14-7-10-21(20-14)12(3)5-2/h7,10,12-13,19H,4-6,8-9,11H2,1-3H3. The normalized spacial score (nSPS) is 15.1. The first-order valence-corrected chi connectivity index (χ1v) is 7.69. The number of hydrogen-bond donors (Lipinski definition) is 1. The van der Waals surface area contributed by atoms with Crippen molar-refractivity contribution in [2.45, 2.75) is 71.1 Å². The highest BCUT2D eigenvalue weighted by Gasteiger charge is 2.28. The summed E-state index contributed by atoms with van der Waals surface area (Å²) in [5.74, 6) is 0. The van der Waals surface area contributed by atoms with Crippen LogP contribution in [0.1, 0.15) is 58.2 Å². The Morgan fingerprint density at radius 2 is 2.05 bits per heavy atom. The fourth-order valence-corrected chi connectivity index (χ4v) is 2.13. The first-order chi connectivity index (χ1) is 9.85. The van der Waals surface area contributed by atoms with Crippen LogP contribution in [0.2, 0.25) is 0 Å². The molecule has 6 heteroatoms. The molecule has 122 valence electrons. The van der Waals surface area contributed by atoms with Gasteiger partial charge >= 0.3 is 6.18 Å². The molecule has 0 saturated carbocycles. The molecule has 0 radical (unpaired) electrons. The molecular weight excluding hydrogens is 279 g/mol. The van der Waals surface area contributed by atoms with Gasteiger partial charge in [-0.25, -0.2) is 0 Å². The minimum Gasteiger partial charge on any atom is -0.314 e. The molecule has 1 aromatic heterocycles. The van der Waals surface area contributed by atoms with E-state index in [9.17, 15) is 13.2 Å². The van der Waals surface area contributed by atoms with Gasteiger partial charge in [-0.1, -0.05) is 13.8 Å². The first kappa shape index (κ1) is 18.0. The fourth-order valence-electron chi connectivity index (χ4n) is 2.13. The van der Waals surface area contributed by atoms with Gasteiger partial charge in [-0.2, -0.15) is 18.3 Å². The van der Waals surface area contributed by atoms with Crippen molar-refractivity contribution in [2.75, 3.05) is 6.54 Å². The lowest BCUT2D eigenvalue weighted by Gasteiger charge is -2.18. The van der Waals surface area contributed by atoms with Crippen LogP contribution >= 0.6 is 0 Å². The molecule has 0 amide bonds. The zero-order valence-corrected chi connectivity index (χ0v) is 13.1. The molecule has 0 saturated heterocycles. The average molecular weight is 305 g/mol. The van der Waals surface area contributed by atoms with Crippen molar-refractivity contribution in [1.29, 1.82) is 0 Å². The Labute approximate surface area is 124 Å². The Morgan fingerprint density at radius 1 is 1.33 bits per heavy atom. The van der Waals surface area contributed by atoms with E-state index in [4.69, 9.17) is 0 Å². The lowest BCUT2D eigenvalue weighted by atomic mass is 10.1. The lowest BCUT2D eigenvalue weighted by molar-refractivity contribution is -0.136. The van der Waals surface area contributed by atoms with E-state index in [0.717, 1.165) is 25.1 Å². The summed E-state index contributed by atoms with van der Waals surface area (Å²) < 4.78 is 39.0. The third-order valence-electron chi connectivity index (χ3n) is 3.62. The van der Waals surface area contributed by atoms with E-state index in [1.54, 1.807) is 0 Å². The maximum atomic E-state index is 12.4. The summed E-state index contributed by atoms with van der Waals surface area (Å²) in [5, 5.41) is 7.66. The summed E-state index contributed by atoms with van der Waals surface area (Å²) in [6, 6.07) is 2.04. The molecule has 2 atom stereocenters. The van der Waals surface area contributed by atoms with Gasteiger partial charge < -0.3 is 5.32 Å². The van der Waals surface area contributed by atoms with Crippen LogP contribution in [0.25, 0.3) is 0 Å². The molecule has 3 nitrogen and oxygen atoms in total. The van der Waals surface area contributed by atoms with Crippen LogP contribution in [0, 0.1) is 0 Å². The van der Waals surface area contributed by atoms with E-state index in [-0.39, 0.29) is 12.5 Å². The number of halogens is 3. The number of hydrogen-bond acceptors (Lipinski definition) is 2. The lowest BCUT2D eigenvalue weighted by Crippen LogP contribution is -2.33. The van der Waals surface area contributed by atoms with Crippen molar-refractivity contribution in [1.82, 2.24) is 15.1 Å². The monoisotopic (exact) mass is 305 g/mol. The first-order valence-electron chi connectivity index (χ1n) is 7.69.